The number of nitrogens with one attached hydrogen (secondary N) is 1. The van der Waals surface area contributed by atoms with Crippen molar-refractivity contribution in [3.8, 4) is 11.5 Å². The zero-order valence-electron chi connectivity index (χ0n) is 25.0. The fraction of sp³-hybridized carbons (Fsp3) is 0.375. The maximum atomic E-state index is 14.2. The van der Waals surface area contributed by atoms with E-state index in [4.69, 9.17) is 9.47 Å². The molecule has 3 aromatic carbocycles. The number of aryl methyl sites for hydroxylation is 1. The molecule has 0 aliphatic heterocycles. The maximum Gasteiger partial charge on any atom is 0.244 e. The average Bonchev–Trinajstić information content (AvgIpc) is 2.98. The van der Waals surface area contributed by atoms with Gasteiger partial charge in [0, 0.05) is 25.6 Å². The largest absolute Gasteiger partial charge is 0.497 e. The zero-order chi connectivity index (χ0) is 30.7. The third-order valence-electron chi connectivity index (χ3n) is 6.91. The smallest absolute Gasteiger partial charge is 0.244 e. The molecule has 226 valence electrons. The number of rotatable bonds is 15. The van der Waals surface area contributed by atoms with Crippen LogP contribution in [0, 0.1) is 6.92 Å². The Bertz CT molecular complexity index is 1430. The molecule has 0 spiro atoms. The molecule has 0 bridgehead atoms. The molecule has 0 aliphatic carbocycles. The van der Waals surface area contributed by atoms with E-state index in [1.165, 1.54) is 25.2 Å². The molecule has 9 nitrogen and oxygen atoms in total. The van der Waals surface area contributed by atoms with Gasteiger partial charge in [-0.2, -0.15) is 0 Å². The summed E-state index contributed by atoms with van der Waals surface area (Å²) in [7, 11) is -1.06. The lowest BCUT2D eigenvalue weighted by Gasteiger charge is -2.33. The number of unbranched alkanes of at least 4 members (excludes halogenated alkanes) is 1. The molecule has 0 aromatic heterocycles. The van der Waals surface area contributed by atoms with E-state index in [1.54, 1.807) is 12.1 Å². The Morgan fingerprint density at radius 2 is 1.62 bits per heavy atom. The Morgan fingerprint density at radius 3 is 2.21 bits per heavy atom. The molecule has 0 saturated heterocycles. The van der Waals surface area contributed by atoms with Crippen LogP contribution in [0.25, 0.3) is 0 Å². The van der Waals surface area contributed by atoms with Crippen molar-refractivity contribution in [2.75, 3.05) is 37.9 Å². The van der Waals surface area contributed by atoms with Crippen molar-refractivity contribution in [1.82, 2.24) is 10.2 Å². The van der Waals surface area contributed by atoms with Crippen LogP contribution >= 0.6 is 0 Å². The molecule has 0 heterocycles. The first-order valence-corrected chi connectivity index (χ1v) is 15.8. The summed E-state index contributed by atoms with van der Waals surface area (Å²) in [5.74, 6) is -0.159. The van der Waals surface area contributed by atoms with Crippen LogP contribution in [0.2, 0.25) is 0 Å². The van der Waals surface area contributed by atoms with Gasteiger partial charge in [0.25, 0.3) is 0 Å². The summed E-state index contributed by atoms with van der Waals surface area (Å²) >= 11 is 0. The van der Waals surface area contributed by atoms with E-state index < -0.39 is 28.5 Å². The SMILES string of the molecule is CCCCNC(=O)C(Cc1ccccc1)N(Cc1ccc(C)cc1)C(=O)CN(c1cc(OC)ccc1OC)S(C)(=O)=O. The molecule has 1 atom stereocenters. The molecule has 0 radical (unpaired) electrons. The van der Waals surface area contributed by atoms with Crippen molar-refractivity contribution in [3.05, 3.63) is 89.5 Å². The summed E-state index contributed by atoms with van der Waals surface area (Å²) in [4.78, 5) is 29.4. The van der Waals surface area contributed by atoms with E-state index in [-0.39, 0.29) is 30.3 Å². The second-order valence-corrected chi connectivity index (χ2v) is 12.1. The first kappa shape index (κ1) is 32.5. The zero-order valence-corrected chi connectivity index (χ0v) is 25.8. The summed E-state index contributed by atoms with van der Waals surface area (Å²) in [5.41, 5.74) is 2.92. The molecule has 1 unspecified atom stereocenters. The van der Waals surface area contributed by atoms with Crippen LogP contribution in [0.5, 0.6) is 11.5 Å². The Hall–Kier alpha value is -4.05. The van der Waals surface area contributed by atoms with Crippen LogP contribution in [0.3, 0.4) is 0 Å². The van der Waals surface area contributed by atoms with Crippen LogP contribution < -0.4 is 19.1 Å². The highest BCUT2D eigenvalue weighted by Gasteiger charge is 2.33. The molecule has 0 saturated carbocycles. The maximum absolute atomic E-state index is 14.2. The Morgan fingerprint density at radius 1 is 0.929 bits per heavy atom. The summed E-state index contributed by atoms with van der Waals surface area (Å²) in [5, 5.41) is 2.98. The topological polar surface area (TPSA) is 105 Å². The molecular formula is C32H41N3O6S. The number of ether oxygens (including phenoxy) is 2. The minimum Gasteiger partial charge on any atom is -0.497 e. The summed E-state index contributed by atoms with van der Waals surface area (Å²) in [6.45, 7) is 4.06. The van der Waals surface area contributed by atoms with E-state index in [9.17, 15) is 18.0 Å². The van der Waals surface area contributed by atoms with Gasteiger partial charge in [-0.1, -0.05) is 73.5 Å². The van der Waals surface area contributed by atoms with Crippen molar-refractivity contribution in [3.63, 3.8) is 0 Å². The van der Waals surface area contributed by atoms with Gasteiger partial charge in [-0.15, -0.1) is 0 Å². The van der Waals surface area contributed by atoms with Gasteiger partial charge >= 0.3 is 0 Å². The Labute approximate surface area is 249 Å². The molecule has 0 fully saturated rings. The van der Waals surface area contributed by atoms with E-state index >= 15 is 0 Å². The lowest BCUT2D eigenvalue weighted by atomic mass is 10.0. The highest BCUT2D eigenvalue weighted by Crippen LogP contribution is 2.34. The summed E-state index contributed by atoms with van der Waals surface area (Å²) < 4.78 is 38.0. The number of benzene rings is 3. The van der Waals surface area contributed by atoms with E-state index in [0.29, 0.717) is 12.3 Å². The summed E-state index contributed by atoms with van der Waals surface area (Å²) in [6, 6.07) is 21.0. The van der Waals surface area contributed by atoms with Crippen LogP contribution in [-0.4, -0.2) is 64.7 Å². The van der Waals surface area contributed by atoms with Crippen molar-refractivity contribution in [2.45, 2.75) is 45.7 Å². The number of carbonyl (C=O) groups is 2. The second kappa shape index (κ2) is 15.3. The second-order valence-electron chi connectivity index (χ2n) is 10.2. The van der Waals surface area contributed by atoms with Crippen molar-refractivity contribution in [1.29, 1.82) is 0 Å². The van der Waals surface area contributed by atoms with E-state index in [1.807, 2.05) is 68.4 Å². The fourth-order valence-electron chi connectivity index (χ4n) is 4.54. The number of amides is 2. The van der Waals surface area contributed by atoms with Gasteiger partial charge in [0.2, 0.25) is 21.8 Å². The number of hydrogen-bond acceptors (Lipinski definition) is 6. The Balaban J connectivity index is 2.08. The number of sulfonamides is 1. The van der Waals surface area contributed by atoms with Gasteiger partial charge in [0.05, 0.1) is 26.2 Å². The normalized spacial score (nSPS) is 11.8. The van der Waals surface area contributed by atoms with Crippen LogP contribution in [-0.2, 0) is 32.6 Å². The van der Waals surface area contributed by atoms with Crippen molar-refractivity contribution < 1.29 is 27.5 Å². The number of anilines is 1. The highest BCUT2D eigenvalue weighted by molar-refractivity contribution is 7.92. The first-order chi connectivity index (χ1) is 20.1. The van der Waals surface area contributed by atoms with E-state index in [2.05, 4.69) is 5.32 Å². The van der Waals surface area contributed by atoms with Gasteiger partial charge in [-0.3, -0.25) is 13.9 Å². The predicted molar refractivity (Wildman–Crippen MR) is 165 cm³/mol. The molecule has 0 aliphatic rings. The van der Waals surface area contributed by atoms with Gasteiger partial charge in [-0.05, 0) is 36.6 Å². The molecule has 10 heteroatoms. The van der Waals surface area contributed by atoms with Gasteiger partial charge < -0.3 is 19.7 Å². The molecular weight excluding hydrogens is 554 g/mol. The van der Waals surface area contributed by atoms with Crippen LogP contribution in [0.4, 0.5) is 5.69 Å². The standard InChI is InChI=1S/C32H41N3O6S/c1-6-7-19-33-32(37)29(20-25-11-9-8-10-12-25)34(22-26-15-13-24(2)14-16-26)31(36)23-35(42(5,38)39)28-21-27(40-3)17-18-30(28)41-4/h8-18,21,29H,6-7,19-20,22-23H2,1-5H3,(H,33,37). The van der Waals surface area contributed by atoms with Gasteiger partial charge in [0.1, 0.15) is 24.1 Å². The third-order valence-corrected chi connectivity index (χ3v) is 8.03. The predicted octanol–water partition coefficient (Wildman–Crippen LogP) is 4.33. The lowest BCUT2D eigenvalue weighted by molar-refractivity contribution is -0.140. The molecule has 3 aromatic rings. The third kappa shape index (κ3) is 8.97. The van der Waals surface area contributed by atoms with Crippen LogP contribution in [0.15, 0.2) is 72.8 Å². The molecule has 42 heavy (non-hydrogen) atoms. The quantitative estimate of drug-likeness (QED) is 0.262. The number of nitrogens with zero attached hydrogens (tertiary/aromatic N) is 2. The van der Waals surface area contributed by atoms with Crippen molar-refractivity contribution in [2.24, 2.45) is 0 Å². The average molecular weight is 596 g/mol. The summed E-state index contributed by atoms with van der Waals surface area (Å²) in [6.07, 6.45) is 2.99. The first-order valence-electron chi connectivity index (χ1n) is 13.9. The fourth-order valence-corrected chi connectivity index (χ4v) is 5.38. The van der Waals surface area contributed by atoms with E-state index in [0.717, 1.165) is 40.1 Å². The highest BCUT2D eigenvalue weighted by atomic mass is 32.2. The monoisotopic (exact) mass is 595 g/mol. The van der Waals surface area contributed by atoms with Gasteiger partial charge in [-0.25, -0.2) is 8.42 Å². The van der Waals surface area contributed by atoms with Gasteiger partial charge in [0.15, 0.2) is 0 Å². The van der Waals surface area contributed by atoms with Crippen molar-refractivity contribution >= 4 is 27.5 Å². The minimum atomic E-state index is -3.96. The van der Waals surface area contributed by atoms with Crippen LogP contribution in [0.1, 0.15) is 36.5 Å². The molecule has 1 N–H and O–H groups in total. The molecule has 3 rings (SSSR count). The number of hydrogen-bond donors (Lipinski definition) is 1. The lowest BCUT2D eigenvalue weighted by Crippen LogP contribution is -2.53. The Kier molecular flexibility index (Phi) is 11.8. The molecule has 2 amide bonds. The number of carbonyl (C=O) groups excluding carboxylic acids is 2. The number of methoxy groups -OCH3 is 2. The minimum absolute atomic E-state index is 0.116.